The Morgan fingerprint density at radius 1 is 1.36 bits per heavy atom. The van der Waals surface area contributed by atoms with E-state index in [4.69, 9.17) is 5.73 Å². The van der Waals surface area contributed by atoms with Crippen LogP contribution in [0.4, 0.5) is 0 Å². The minimum absolute atomic E-state index is 0.354. The summed E-state index contributed by atoms with van der Waals surface area (Å²) in [5.41, 5.74) is 6.91. The van der Waals surface area contributed by atoms with Crippen LogP contribution < -0.4 is 5.73 Å². The molecule has 0 fully saturated rings. The van der Waals surface area contributed by atoms with Crippen molar-refractivity contribution in [2.75, 3.05) is 0 Å². The van der Waals surface area contributed by atoms with E-state index < -0.39 is 0 Å². The van der Waals surface area contributed by atoms with Gasteiger partial charge in [-0.1, -0.05) is 39.3 Å². The molecule has 1 rings (SSSR count). The zero-order valence-electron chi connectivity index (χ0n) is 9.21. The maximum Gasteiger partial charge on any atom is 0.248 e. The van der Waals surface area contributed by atoms with Crippen LogP contribution in [0.1, 0.15) is 43.1 Å². The molecule has 2 nitrogen and oxygen atoms in total. The number of nitrogens with two attached hydrogens (primary N) is 1. The molecule has 0 saturated heterocycles. The number of amides is 1. The second-order valence-corrected chi connectivity index (χ2v) is 2.81. The third-order valence-electron chi connectivity index (χ3n) is 1.75. The summed E-state index contributed by atoms with van der Waals surface area (Å²) in [6, 6.07) is 7.47. The third-order valence-corrected chi connectivity index (χ3v) is 1.75. The number of rotatable bonds is 3. The highest BCUT2D eigenvalue weighted by atomic mass is 16.1. The largest absolute Gasteiger partial charge is 0.366 e. The Hall–Kier alpha value is -1.31. The number of aryl methyl sites for hydroxylation is 1. The van der Waals surface area contributed by atoms with Crippen LogP contribution in [0.5, 0.6) is 0 Å². The first-order chi connectivity index (χ1) is 6.74. The van der Waals surface area contributed by atoms with Gasteiger partial charge < -0.3 is 5.73 Å². The maximum absolute atomic E-state index is 10.8. The molecule has 0 spiro atoms. The summed E-state index contributed by atoms with van der Waals surface area (Å²) in [4.78, 5) is 10.8. The molecule has 78 valence electrons. The molecule has 2 heteroatoms. The van der Waals surface area contributed by atoms with Crippen molar-refractivity contribution < 1.29 is 4.79 Å². The minimum Gasteiger partial charge on any atom is -0.366 e. The Balaban J connectivity index is 0.000000791. The average molecular weight is 193 g/mol. The number of hydrogen-bond donors (Lipinski definition) is 1. The topological polar surface area (TPSA) is 43.1 Å². The van der Waals surface area contributed by atoms with Gasteiger partial charge in [-0.15, -0.1) is 0 Å². The van der Waals surface area contributed by atoms with Crippen LogP contribution >= 0.6 is 0 Å². The van der Waals surface area contributed by atoms with Crippen molar-refractivity contribution in [3.63, 3.8) is 0 Å². The van der Waals surface area contributed by atoms with Gasteiger partial charge in [0.2, 0.25) is 5.91 Å². The predicted octanol–water partition coefficient (Wildman–Crippen LogP) is 2.76. The lowest BCUT2D eigenvalue weighted by Crippen LogP contribution is -2.10. The molecule has 1 aromatic carbocycles. The molecular formula is C12H19NO. The summed E-state index contributed by atoms with van der Waals surface area (Å²) in [6.07, 6.45) is 2.09. The van der Waals surface area contributed by atoms with Gasteiger partial charge in [0.05, 0.1) is 0 Å². The molecule has 0 atom stereocenters. The number of benzene rings is 1. The van der Waals surface area contributed by atoms with Crippen molar-refractivity contribution in [1.82, 2.24) is 0 Å². The highest BCUT2D eigenvalue weighted by molar-refractivity contribution is 5.92. The molecule has 0 aromatic heterocycles. The van der Waals surface area contributed by atoms with E-state index in [2.05, 4.69) is 6.92 Å². The summed E-state index contributed by atoms with van der Waals surface area (Å²) in [5, 5.41) is 0. The van der Waals surface area contributed by atoms with Crippen LogP contribution in [0.25, 0.3) is 0 Å². The second kappa shape index (κ2) is 7.13. The zero-order valence-corrected chi connectivity index (χ0v) is 9.21. The van der Waals surface area contributed by atoms with Gasteiger partial charge in [-0.05, 0) is 24.1 Å². The van der Waals surface area contributed by atoms with Crippen molar-refractivity contribution >= 4 is 5.91 Å². The van der Waals surface area contributed by atoms with Gasteiger partial charge in [0.25, 0.3) is 0 Å². The Bertz CT molecular complexity index is 281. The summed E-state index contributed by atoms with van der Waals surface area (Å²) < 4.78 is 0. The summed E-state index contributed by atoms with van der Waals surface area (Å²) >= 11 is 0. The van der Waals surface area contributed by atoms with Crippen molar-refractivity contribution in [2.24, 2.45) is 5.73 Å². The van der Waals surface area contributed by atoms with Gasteiger partial charge in [0.15, 0.2) is 0 Å². The van der Waals surface area contributed by atoms with Crippen LogP contribution in [-0.4, -0.2) is 5.91 Å². The Labute approximate surface area is 86.1 Å². The van der Waals surface area contributed by atoms with Gasteiger partial charge in [-0.25, -0.2) is 0 Å². The van der Waals surface area contributed by atoms with Crippen LogP contribution in [0.3, 0.4) is 0 Å². The lowest BCUT2D eigenvalue weighted by Gasteiger charge is -1.99. The molecule has 0 aliphatic rings. The Morgan fingerprint density at radius 3 is 2.50 bits per heavy atom. The van der Waals surface area contributed by atoms with Gasteiger partial charge in [-0.2, -0.15) is 0 Å². The molecule has 2 N–H and O–H groups in total. The molecule has 0 unspecified atom stereocenters. The first kappa shape index (κ1) is 12.7. The highest BCUT2D eigenvalue weighted by Gasteiger charge is 1.99. The van der Waals surface area contributed by atoms with E-state index in [1.165, 1.54) is 5.56 Å². The van der Waals surface area contributed by atoms with Crippen LogP contribution in [0.15, 0.2) is 24.3 Å². The molecular weight excluding hydrogens is 174 g/mol. The van der Waals surface area contributed by atoms with Gasteiger partial charge in [-0.3, -0.25) is 4.79 Å². The van der Waals surface area contributed by atoms with Crippen molar-refractivity contribution in [1.29, 1.82) is 0 Å². The van der Waals surface area contributed by atoms with Gasteiger partial charge in [0.1, 0.15) is 0 Å². The highest BCUT2D eigenvalue weighted by Crippen LogP contribution is 2.06. The molecule has 0 saturated carbocycles. The van der Waals surface area contributed by atoms with Crippen LogP contribution in [-0.2, 0) is 6.42 Å². The van der Waals surface area contributed by atoms with E-state index in [1.54, 1.807) is 6.07 Å². The smallest absolute Gasteiger partial charge is 0.248 e. The van der Waals surface area contributed by atoms with E-state index in [0.717, 1.165) is 12.8 Å². The zero-order chi connectivity index (χ0) is 11.0. The first-order valence-electron chi connectivity index (χ1n) is 5.12. The fraction of sp³-hybridized carbons (Fsp3) is 0.417. The summed E-state index contributed by atoms with van der Waals surface area (Å²) in [5.74, 6) is -0.354. The van der Waals surface area contributed by atoms with Gasteiger partial charge in [0, 0.05) is 5.56 Å². The molecule has 0 bridgehead atoms. The van der Waals surface area contributed by atoms with E-state index in [9.17, 15) is 4.79 Å². The van der Waals surface area contributed by atoms with Crippen LogP contribution in [0.2, 0.25) is 0 Å². The van der Waals surface area contributed by atoms with E-state index in [-0.39, 0.29) is 5.91 Å². The van der Waals surface area contributed by atoms with Crippen molar-refractivity contribution in [3.8, 4) is 0 Å². The molecule has 14 heavy (non-hydrogen) atoms. The Morgan fingerprint density at radius 2 is 2.00 bits per heavy atom. The summed E-state index contributed by atoms with van der Waals surface area (Å²) in [6.45, 7) is 6.11. The number of carbonyl (C=O) groups is 1. The van der Waals surface area contributed by atoms with Crippen LogP contribution in [0, 0.1) is 0 Å². The monoisotopic (exact) mass is 193 g/mol. The number of primary amides is 1. The maximum atomic E-state index is 10.8. The van der Waals surface area contributed by atoms with E-state index in [1.807, 2.05) is 32.0 Å². The molecule has 0 aliphatic heterocycles. The standard InChI is InChI=1S/C10H13NO.C2H6/c1-2-4-8-5-3-6-9(7-8)10(11)12;1-2/h3,5-7H,2,4H2,1H3,(H2,11,12);1-2H3. The molecule has 0 radical (unpaired) electrons. The lowest BCUT2D eigenvalue weighted by molar-refractivity contribution is 0.1000. The fourth-order valence-electron chi connectivity index (χ4n) is 1.17. The number of hydrogen-bond acceptors (Lipinski definition) is 1. The van der Waals surface area contributed by atoms with Crippen molar-refractivity contribution in [2.45, 2.75) is 33.6 Å². The van der Waals surface area contributed by atoms with Gasteiger partial charge >= 0.3 is 0 Å². The molecule has 0 heterocycles. The molecule has 1 aromatic rings. The Kier molecular flexibility index (Phi) is 6.46. The normalized spacial score (nSPS) is 8.79. The lowest BCUT2D eigenvalue weighted by atomic mass is 10.1. The predicted molar refractivity (Wildman–Crippen MR) is 60.3 cm³/mol. The SMILES string of the molecule is CC.CCCc1cccc(C(N)=O)c1. The fourth-order valence-corrected chi connectivity index (χ4v) is 1.17. The van der Waals surface area contributed by atoms with Crippen molar-refractivity contribution in [3.05, 3.63) is 35.4 Å². The molecule has 0 aliphatic carbocycles. The minimum atomic E-state index is -0.354. The second-order valence-electron chi connectivity index (χ2n) is 2.81. The average Bonchev–Trinajstić information content (AvgIpc) is 2.22. The van der Waals surface area contributed by atoms with E-state index >= 15 is 0 Å². The number of carbonyl (C=O) groups excluding carboxylic acids is 1. The van der Waals surface area contributed by atoms with E-state index in [0.29, 0.717) is 5.56 Å². The molecule has 1 amide bonds. The summed E-state index contributed by atoms with van der Waals surface area (Å²) in [7, 11) is 0. The quantitative estimate of drug-likeness (QED) is 0.788. The first-order valence-corrected chi connectivity index (χ1v) is 5.12. The third kappa shape index (κ3) is 4.08.